The molecular weight excluding hydrogens is 164 g/mol. The second-order valence-corrected chi connectivity index (χ2v) is 4.36. The SMILES string of the molecule is O=C(CCC1CCCO1)CC1CC1. The van der Waals surface area contributed by atoms with Crippen LogP contribution in [0.2, 0.25) is 0 Å². The van der Waals surface area contributed by atoms with Gasteiger partial charge in [-0.3, -0.25) is 4.79 Å². The van der Waals surface area contributed by atoms with Crippen LogP contribution in [0.3, 0.4) is 0 Å². The van der Waals surface area contributed by atoms with Crippen molar-refractivity contribution in [2.75, 3.05) is 6.61 Å². The van der Waals surface area contributed by atoms with Crippen LogP contribution in [0, 0.1) is 5.92 Å². The summed E-state index contributed by atoms with van der Waals surface area (Å²) in [4.78, 5) is 11.4. The minimum Gasteiger partial charge on any atom is -0.378 e. The molecule has 0 N–H and O–H groups in total. The van der Waals surface area contributed by atoms with E-state index in [9.17, 15) is 4.79 Å². The summed E-state index contributed by atoms with van der Waals surface area (Å²) in [5.74, 6) is 1.20. The van der Waals surface area contributed by atoms with Gasteiger partial charge in [-0.25, -0.2) is 0 Å². The summed E-state index contributed by atoms with van der Waals surface area (Å²) in [5, 5.41) is 0. The number of ether oxygens (including phenoxy) is 1. The third kappa shape index (κ3) is 3.11. The molecule has 0 bridgehead atoms. The first-order chi connectivity index (χ1) is 6.34. The lowest BCUT2D eigenvalue weighted by molar-refractivity contribution is -0.120. The quantitative estimate of drug-likeness (QED) is 0.652. The number of ketones is 1. The summed E-state index contributed by atoms with van der Waals surface area (Å²) in [7, 11) is 0. The Morgan fingerprint density at radius 1 is 1.31 bits per heavy atom. The first-order valence-corrected chi connectivity index (χ1v) is 5.48. The molecule has 0 spiro atoms. The van der Waals surface area contributed by atoms with Crippen LogP contribution in [-0.2, 0) is 9.53 Å². The van der Waals surface area contributed by atoms with Crippen molar-refractivity contribution in [1.29, 1.82) is 0 Å². The summed E-state index contributed by atoms with van der Waals surface area (Å²) in [6, 6.07) is 0. The molecule has 1 saturated heterocycles. The zero-order valence-corrected chi connectivity index (χ0v) is 8.13. The molecule has 74 valence electrons. The highest BCUT2D eigenvalue weighted by Crippen LogP contribution is 2.33. The van der Waals surface area contributed by atoms with Crippen molar-refractivity contribution in [2.45, 2.75) is 51.0 Å². The molecule has 2 rings (SSSR count). The maximum Gasteiger partial charge on any atom is 0.133 e. The lowest BCUT2D eigenvalue weighted by atomic mass is 10.1. The van der Waals surface area contributed by atoms with Crippen molar-refractivity contribution >= 4 is 5.78 Å². The Morgan fingerprint density at radius 2 is 2.15 bits per heavy atom. The number of Topliss-reactive ketones (excluding diaryl/α,β-unsaturated/α-hetero) is 1. The van der Waals surface area contributed by atoms with Crippen molar-refractivity contribution in [3.8, 4) is 0 Å². The molecule has 2 fully saturated rings. The lowest BCUT2D eigenvalue weighted by Crippen LogP contribution is -2.08. The van der Waals surface area contributed by atoms with E-state index in [1.807, 2.05) is 0 Å². The van der Waals surface area contributed by atoms with Crippen LogP contribution in [-0.4, -0.2) is 18.5 Å². The Balaban J connectivity index is 1.57. The van der Waals surface area contributed by atoms with Gasteiger partial charge in [0.05, 0.1) is 6.10 Å². The van der Waals surface area contributed by atoms with Crippen LogP contribution < -0.4 is 0 Å². The van der Waals surface area contributed by atoms with Crippen molar-refractivity contribution in [3.05, 3.63) is 0 Å². The monoisotopic (exact) mass is 182 g/mol. The Labute approximate surface area is 79.7 Å². The molecule has 0 aromatic carbocycles. The third-order valence-electron chi connectivity index (χ3n) is 2.98. The van der Waals surface area contributed by atoms with E-state index in [4.69, 9.17) is 4.74 Å². The minimum atomic E-state index is 0.392. The van der Waals surface area contributed by atoms with Gasteiger partial charge in [0.15, 0.2) is 0 Å². The number of rotatable bonds is 5. The van der Waals surface area contributed by atoms with Crippen LogP contribution in [0.5, 0.6) is 0 Å². The van der Waals surface area contributed by atoms with E-state index in [1.165, 1.54) is 19.3 Å². The molecule has 2 heteroatoms. The average Bonchev–Trinajstić information content (AvgIpc) is 2.78. The third-order valence-corrected chi connectivity index (χ3v) is 2.98. The highest BCUT2D eigenvalue weighted by molar-refractivity contribution is 5.78. The molecule has 1 unspecified atom stereocenters. The van der Waals surface area contributed by atoms with Crippen LogP contribution in [0.1, 0.15) is 44.9 Å². The van der Waals surface area contributed by atoms with E-state index >= 15 is 0 Å². The van der Waals surface area contributed by atoms with Crippen LogP contribution >= 0.6 is 0 Å². The Kier molecular flexibility index (Phi) is 2.99. The van der Waals surface area contributed by atoms with Gasteiger partial charge in [0.1, 0.15) is 5.78 Å². The normalized spacial score (nSPS) is 27.8. The van der Waals surface area contributed by atoms with Gasteiger partial charge in [-0.15, -0.1) is 0 Å². The molecule has 0 amide bonds. The van der Waals surface area contributed by atoms with E-state index in [0.717, 1.165) is 38.2 Å². The van der Waals surface area contributed by atoms with E-state index in [-0.39, 0.29) is 0 Å². The molecular formula is C11H18O2. The maximum atomic E-state index is 11.4. The molecule has 0 aromatic heterocycles. The molecule has 1 atom stereocenters. The number of carbonyl (C=O) groups excluding carboxylic acids is 1. The molecule has 0 radical (unpaired) electrons. The average molecular weight is 182 g/mol. The number of carbonyl (C=O) groups is 1. The largest absolute Gasteiger partial charge is 0.378 e. The van der Waals surface area contributed by atoms with Gasteiger partial charge in [-0.1, -0.05) is 0 Å². The van der Waals surface area contributed by atoms with Gasteiger partial charge in [0, 0.05) is 19.4 Å². The number of hydrogen-bond acceptors (Lipinski definition) is 2. The minimum absolute atomic E-state index is 0.392. The fraction of sp³-hybridized carbons (Fsp3) is 0.909. The van der Waals surface area contributed by atoms with Crippen LogP contribution in [0.25, 0.3) is 0 Å². The highest BCUT2D eigenvalue weighted by atomic mass is 16.5. The summed E-state index contributed by atoms with van der Waals surface area (Å²) >= 11 is 0. The molecule has 1 saturated carbocycles. The molecule has 0 aromatic rings. The molecule has 13 heavy (non-hydrogen) atoms. The van der Waals surface area contributed by atoms with Crippen molar-refractivity contribution in [2.24, 2.45) is 5.92 Å². The Hall–Kier alpha value is -0.370. The van der Waals surface area contributed by atoms with Gasteiger partial charge in [0.25, 0.3) is 0 Å². The second kappa shape index (κ2) is 4.23. The standard InChI is InChI=1S/C11H18O2/c12-10(8-9-3-4-9)5-6-11-2-1-7-13-11/h9,11H,1-8H2. The zero-order valence-electron chi connectivity index (χ0n) is 8.13. The van der Waals surface area contributed by atoms with Crippen molar-refractivity contribution in [3.63, 3.8) is 0 Å². The topological polar surface area (TPSA) is 26.3 Å². The summed E-state index contributed by atoms with van der Waals surface area (Å²) < 4.78 is 5.47. The van der Waals surface area contributed by atoms with Crippen molar-refractivity contribution < 1.29 is 9.53 Å². The van der Waals surface area contributed by atoms with E-state index in [1.54, 1.807) is 0 Å². The summed E-state index contributed by atoms with van der Waals surface area (Å²) in [5.41, 5.74) is 0. The fourth-order valence-electron chi connectivity index (χ4n) is 1.94. The van der Waals surface area contributed by atoms with Crippen LogP contribution in [0.15, 0.2) is 0 Å². The Bertz CT molecular complexity index is 179. The number of hydrogen-bond donors (Lipinski definition) is 0. The first kappa shape index (κ1) is 9.20. The first-order valence-electron chi connectivity index (χ1n) is 5.48. The van der Waals surface area contributed by atoms with Gasteiger partial charge >= 0.3 is 0 Å². The van der Waals surface area contributed by atoms with Crippen molar-refractivity contribution in [1.82, 2.24) is 0 Å². The molecule has 2 nitrogen and oxygen atoms in total. The highest BCUT2D eigenvalue weighted by Gasteiger charge is 2.24. The Morgan fingerprint density at radius 3 is 2.77 bits per heavy atom. The second-order valence-electron chi connectivity index (χ2n) is 4.36. The van der Waals surface area contributed by atoms with Gasteiger partial charge in [-0.2, -0.15) is 0 Å². The lowest BCUT2D eigenvalue weighted by Gasteiger charge is -2.07. The molecule has 1 heterocycles. The van der Waals surface area contributed by atoms with Gasteiger partial charge in [-0.05, 0) is 38.0 Å². The van der Waals surface area contributed by atoms with E-state index in [0.29, 0.717) is 11.9 Å². The molecule has 1 aliphatic heterocycles. The maximum absolute atomic E-state index is 11.4. The smallest absolute Gasteiger partial charge is 0.133 e. The van der Waals surface area contributed by atoms with E-state index < -0.39 is 0 Å². The molecule has 2 aliphatic rings. The predicted octanol–water partition coefficient (Wildman–Crippen LogP) is 2.31. The van der Waals surface area contributed by atoms with Gasteiger partial charge in [0.2, 0.25) is 0 Å². The zero-order chi connectivity index (χ0) is 9.10. The fourth-order valence-corrected chi connectivity index (χ4v) is 1.94. The van der Waals surface area contributed by atoms with Crippen LogP contribution in [0.4, 0.5) is 0 Å². The summed E-state index contributed by atoms with van der Waals surface area (Å²) in [6.45, 7) is 0.904. The predicted molar refractivity (Wildman–Crippen MR) is 50.6 cm³/mol. The summed E-state index contributed by atoms with van der Waals surface area (Å²) in [6.07, 6.45) is 7.86. The van der Waals surface area contributed by atoms with Gasteiger partial charge < -0.3 is 4.74 Å². The van der Waals surface area contributed by atoms with E-state index in [2.05, 4.69) is 0 Å². The molecule has 1 aliphatic carbocycles.